The van der Waals surface area contributed by atoms with Crippen molar-refractivity contribution in [1.82, 2.24) is 0 Å². The number of carbonyl (C=O) groups is 1. The quantitative estimate of drug-likeness (QED) is 0.657. The second kappa shape index (κ2) is 7.70. The molecule has 0 spiro atoms. The molecule has 7 heteroatoms. The van der Waals surface area contributed by atoms with Crippen molar-refractivity contribution in [2.75, 3.05) is 12.1 Å². The molecule has 3 aromatic rings. The third-order valence-corrected chi connectivity index (χ3v) is 4.37. The zero-order chi connectivity index (χ0) is 19.5. The highest BCUT2D eigenvalue weighted by Gasteiger charge is 2.14. The van der Waals surface area contributed by atoms with Gasteiger partial charge in [-0.2, -0.15) is 0 Å². The molecule has 1 amide bonds. The summed E-state index contributed by atoms with van der Waals surface area (Å²) in [6.45, 7) is 0.562. The molecule has 142 valence electrons. The summed E-state index contributed by atoms with van der Waals surface area (Å²) < 4.78 is 16.5. The van der Waals surface area contributed by atoms with Crippen LogP contribution in [0, 0.1) is 0 Å². The van der Waals surface area contributed by atoms with Crippen molar-refractivity contribution in [3.05, 3.63) is 76.8 Å². The molecule has 6 nitrogen and oxygen atoms in total. The number of rotatable bonds is 5. The van der Waals surface area contributed by atoms with Crippen molar-refractivity contribution in [3.63, 3.8) is 0 Å². The first-order chi connectivity index (χ1) is 13.6. The summed E-state index contributed by atoms with van der Waals surface area (Å²) in [6, 6.07) is 16.9. The summed E-state index contributed by atoms with van der Waals surface area (Å²) in [7, 11) is 0. The van der Waals surface area contributed by atoms with Gasteiger partial charge in [0.2, 0.25) is 6.79 Å². The number of benzene rings is 3. The molecule has 1 aliphatic heterocycles. The van der Waals surface area contributed by atoms with Gasteiger partial charge in [-0.25, -0.2) is 0 Å². The topological polar surface area (TPSA) is 77.0 Å². The van der Waals surface area contributed by atoms with Gasteiger partial charge in [-0.15, -0.1) is 0 Å². The van der Waals surface area contributed by atoms with Crippen molar-refractivity contribution >= 4 is 23.2 Å². The predicted molar refractivity (Wildman–Crippen MR) is 104 cm³/mol. The molecule has 0 saturated carbocycles. The number of ether oxygens (including phenoxy) is 3. The van der Waals surface area contributed by atoms with Crippen LogP contribution in [-0.2, 0) is 6.61 Å². The summed E-state index contributed by atoms with van der Waals surface area (Å²) in [4.78, 5) is 12.4. The number of nitrogens with one attached hydrogen (secondary N) is 1. The molecular weight excluding hydrogens is 382 g/mol. The molecule has 0 bridgehead atoms. The lowest BCUT2D eigenvalue weighted by Gasteiger charge is -2.10. The Balaban J connectivity index is 1.43. The lowest BCUT2D eigenvalue weighted by molar-refractivity contribution is 0.102. The highest BCUT2D eigenvalue weighted by Crippen LogP contribution is 2.33. The fourth-order valence-electron chi connectivity index (χ4n) is 2.75. The van der Waals surface area contributed by atoms with Gasteiger partial charge >= 0.3 is 0 Å². The Kier molecular flexibility index (Phi) is 4.95. The van der Waals surface area contributed by atoms with Crippen molar-refractivity contribution in [1.29, 1.82) is 0 Å². The maximum atomic E-state index is 12.4. The number of anilines is 1. The van der Waals surface area contributed by atoms with Gasteiger partial charge < -0.3 is 24.6 Å². The number of hydrogen-bond donors (Lipinski definition) is 2. The largest absolute Gasteiger partial charge is 0.507 e. The minimum absolute atomic E-state index is 0.0965. The molecule has 0 fully saturated rings. The first-order valence-corrected chi connectivity index (χ1v) is 8.87. The second-order valence-corrected chi connectivity index (χ2v) is 6.56. The van der Waals surface area contributed by atoms with Crippen molar-refractivity contribution in [2.45, 2.75) is 6.61 Å². The number of phenolic OH excluding ortho intramolecular Hbond substituents is 1. The van der Waals surface area contributed by atoms with E-state index in [9.17, 15) is 9.90 Å². The summed E-state index contributed by atoms with van der Waals surface area (Å²) in [5.74, 6) is 1.40. The lowest BCUT2D eigenvalue weighted by atomic mass is 10.2. The first kappa shape index (κ1) is 18.0. The van der Waals surface area contributed by atoms with E-state index < -0.39 is 5.91 Å². The Morgan fingerprint density at radius 3 is 2.82 bits per heavy atom. The van der Waals surface area contributed by atoms with E-state index in [1.54, 1.807) is 24.3 Å². The van der Waals surface area contributed by atoms with E-state index in [-0.39, 0.29) is 18.1 Å². The van der Waals surface area contributed by atoms with E-state index in [1.807, 2.05) is 18.2 Å². The van der Waals surface area contributed by atoms with Crippen LogP contribution in [0.15, 0.2) is 60.7 Å². The Labute approximate surface area is 166 Å². The Morgan fingerprint density at radius 1 is 1.07 bits per heavy atom. The van der Waals surface area contributed by atoms with Crippen LogP contribution in [0.1, 0.15) is 15.9 Å². The van der Waals surface area contributed by atoms with Gasteiger partial charge in [-0.05, 0) is 48.0 Å². The lowest BCUT2D eigenvalue weighted by Crippen LogP contribution is -2.12. The van der Waals surface area contributed by atoms with Crippen LogP contribution in [0.3, 0.4) is 0 Å². The van der Waals surface area contributed by atoms with Gasteiger partial charge in [-0.3, -0.25) is 4.79 Å². The molecule has 0 unspecified atom stereocenters. The number of aromatic hydroxyl groups is 1. The van der Waals surface area contributed by atoms with E-state index in [0.29, 0.717) is 28.8 Å². The normalized spacial score (nSPS) is 11.9. The fraction of sp³-hybridized carbons (Fsp3) is 0.0952. The monoisotopic (exact) mass is 397 g/mol. The first-order valence-electron chi connectivity index (χ1n) is 8.50. The predicted octanol–water partition coefficient (Wildman–Crippen LogP) is 4.61. The maximum absolute atomic E-state index is 12.4. The van der Waals surface area contributed by atoms with Gasteiger partial charge in [0.25, 0.3) is 5.91 Å². The number of phenols is 1. The molecule has 4 rings (SSSR count). The summed E-state index contributed by atoms with van der Waals surface area (Å²) >= 11 is 5.90. The van der Waals surface area contributed by atoms with Crippen molar-refractivity contribution in [2.24, 2.45) is 0 Å². The smallest absolute Gasteiger partial charge is 0.259 e. The van der Waals surface area contributed by atoms with E-state index >= 15 is 0 Å². The van der Waals surface area contributed by atoms with Crippen LogP contribution in [0.4, 0.5) is 5.69 Å². The van der Waals surface area contributed by atoms with E-state index in [0.717, 1.165) is 11.3 Å². The van der Waals surface area contributed by atoms with Gasteiger partial charge in [-0.1, -0.05) is 23.7 Å². The molecule has 2 N–H and O–H groups in total. The van der Waals surface area contributed by atoms with E-state index in [2.05, 4.69) is 5.32 Å². The van der Waals surface area contributed by atoms with E-state index in [4.69, 9.17) is 25.8 Å². The Bertz CT molecular complexity index is 1040. The highest BCUT2D eigenvalue weighted by atomic mass is 35.5. The van der Waals surface area contributed by atoms with Crippen molar-refractivity contribution in [3.8, 4) is 23.0 Å². The van der Waals surface area contributed by atoms with Gasteiger partial charge in [0.15, 0.2) is 11.5 Å². The number of amides is 1. The zero-order valence-corrected chi connectivity index (χ0v) is 15.4. The van der Waals surface area contributed by atoms with Crippen LogP contribution < -0.4 is 19.5 Å². The van der Waals surface area contributed by atoms with Crippen LogP contribution in [0.2, 0.25) is 5.02 Å². The van der Waals surface area contributed by atoms with Gasteiger partial charge in [0.1, 0.15) is 18.1 Å². The van der Waals surface area contributed by atoms with E-state index in [1.165, 1.54) is 18.2 Å². The molecule has 1 heterocycles. The van der Waals surface area contributed by atoms with Gasteiger partial charge in [0.05, 0.1) is 5.56 Å². The number of carbonyl (C=O) groups excluding carboxylic acids is 1. The molecule has 28 heavy (non-hydrogen) atoms. The van der Waals surface area contributed by atoms with Crippen LogP contribution >= 0.6 is 11.6 Å². The molecule has 0 aromatic heterocycles. The maximum Gasteiger partial charge on any atom is 0.259 e. The number of hydrogen-bond acceptors (Lipinski definition) is 5. The van der Waals surface area contributed by atoms with Crippen LogP contribution in [0.25, 0.3) is 0 Å². The number of fused-ring (bicyclic) bond motifs is 1. The Hall–Kier alpha value is -3.38. The third-order valence-electron chi connectivity index (χ3n) is 4.14. The summed E-state index contributed by atoms with van der Waals surface area (Å²) in [6.07, 6.45) is 0. The molecule has 0 atom stereocenters. The molecule has 0 radical (unpaired) electrons. The minimum atomic E-state index is -0.465. The third kappa shape index (κ3) is 3.97. The second-order valence-electron chi connectivity index (χ2n) is 6.12. The summed E-state index contributed by atoms with van der Waals surface area (Å²) in [5.41, 5.74) is 1.56. The van der Waals surface area contributed by atoms with Crippen LogP contribution in [0.5, 0.6) is 23.0 Å². The summed E-state index contributed by atoms with van der Waals surface area (Å²) in [5, 5.41) is 12.9. The number of halogens is 1. The minimum Gasteiger partial charge on any atom is -0.507 e. The molecule has 0 aliphatic carbocycles. The molecular formula is C21H16ClNO5. The van der Waals surface area contributed by atoms with Crippen LogP contribution in [-0.4, -0.2) is 17.8 Å². The fourth-order valence-corrected chi connectivity index (χ4v) is 2.92. The standard InChI is InChI=1S/C21H16ClNO5/c22-14-5-6-18(24)17(9-14)21(25)23-15-2-1-3-16(10-15)26-11-13-4-7-19-20(8-13)28-12-27-19/h1-10,24H,11-12H2,(H,23,25). The van der Waals surface area contributed by atoms with Crippen molar-refractivity contribution < 1.29 is 24.1 Å². The molecule has 0 saturated heterocycles. The van der Waals surface area contributed by atoms with Gasteiger partial charge in [0, 0.05) is 16.8 Å². The Morgan fingerprint density at radius 2 is 1.93 bits per heavy atom. The SMILES string of the molecule is O=C(Nc1cccc(OCc2ccc3c(c2)OCO3)c1)c1cc(Cl)ccc1O. The molecule has 3 aromatic carbocycles. The average Bonchev–Trinajstić information content (AvgIpc) is 3.16. The highest BCUT2D eigenvalue weighted by molar-refractivity contribution is 6.31. The molecule has 1 aliphatic rings. The average molecular weight is 398 g/mol. The zero-order valence-electron chi connectivity index (χ0n) is 14.6.